The average molecular weight is 362 g/mol. The molecule has 1 heterocycles. The highest BCUT2D eigenvalue weighted by Gasteiger charge is 2.48. The van der Waals surface area contributed by atoms with Crippen molar-refractivity contribution in [1.29, 1.82) is 0 Å². The van der Waals surface area contributed by atoms with Crippen LogP contribution in [-0.2, 0) is 6.61 Å². The zero-order valence-electron chi connectivity index (χ0n) is 15.5. The Balaban J connectivity index is 1.20. The third-order valence-electron chi connectivity index (χ3n) is 6.75. The predicted octanol–water partition coefficient (Wildman–Crippen LogP) is 4.22. The van der Waals surface area contributed by atoms with Crippen molar-refractivity contribution >= 4 is 5.91 Å². The van der Waals surface area contributed by atoms with E-state index in [0.717, 1.165) is 17.4 Å². The van der Waals surface area contributed by atoms with Crippen LogP contribution in [0, 0.1) is 23.7 Å². The van der Waals surface area contributed by atoms with Gasteiger partial charge in [-0.25, -0.2) is 4.98 Å². The second-order valence-electron chi connectivity index (χ2n) is 8.59. The molecule has 0 spiro atoms. The first-order valence-electron chi connectivity index (χ1n) is 10.2. The number of ether oxygens (including phenoxy) is 1. The molecule has 140 valence electrons. The van der Waals surface area contributed by atoms with E-state index in [1.165, 1.54) is 32.1 Å². The summed E-state index contributed by atoms with van der Waals surface area (Å²) in [6, 6.07) is 14.0. The Hall–Kier alpha value is -2.36. The third-order valence-corrected chi connectivity index (χ3v) is 6.75. The Kier molecular flexibility index (Phi) is 4.35. The van der Waals surface area contributed by atoms with Gasteiger partial charge in [0.2, 0.25) is 5.88 Å². The van der Waals surface area contributed by atoms with Crippen LogP contribution in [0.1, 0.15) is 48.0 Å². The van der Waals surface area contributed by atoms with Gasteiger partial charge in [-0.1, -0.05) is 30.3 Å². The van der Waals surface area contributed by atoms with Gasteiger partial charge in [-0.15, -0.1) is 0 Å². The Labute approximate surface area is 160 Å². The van der Waals surface area contributed by atoms with Crippen LogP contribution >= 0.6 is 0 Å². The summed E-state index contributed by atoms with van der Waals surface area (Å²) in [5.74, 6) is 3.77. The number of amides is 1. The molecule has 4 saturated carbocycles. The van der Waals surface area contributed by atoms with Gasteiger partial charge >= 0.3 is 0 Å². The van der Waals surface area contributed by atoms with Crippen molar-refractivity contribution in [2.24, 2.45) is 23.7 Å². The molecule has 1 amide bonds. The molecule has 4 fully saturated rings. The second-order valence-corrected chi connectivity index (χ2v) is 8.59. The largest absolute Gasteiger partial charge is 0.473 e. The van der Waals surface area contributed by atoms with E-state index in [0.29, 0.717) is 35.9 Å². The molecule has 4 aliphatic carbocycles. The molecule has 6 rings (SSSR count). The number of nitrogens with one attached hydrogen (secondary N) is 1. The summed E-state index contributed by atoms with van der Waals surface area (Å²) in [6.07, 6.45) is 8.30. The van der Waals surface area contributed by atoms with Crippen LogP contribution in [-0.4, -0.2) is 16.9 Å². The second kappa shape index (κ2) is 6.99. The van der Waals surface area contributed by atoms with Gasteiger partial charge < -0.3 is 10.1 Å². The van der Waals surface area contributed by atoms with Gasteiger partial charge in [0.15, 0.2) is 0 Å². The van der Waals surface area contributed by atoms with Gasteiger partial charge in [-0.3, -0.25) is 4.79 Å². The summed E-state index contributed by atoms with van der Waals surface area (Å²) in [6.45, 7) is 0.479. The maximum Gasteiger partial charge on any atom is 0.253 e. The number of carbonyl (C=O) groups is 1. The highest BCUT2D eigenvalue weighted by Crippen LogP contribution is 2.53. The number of carbonyl (C=O) groups excluding carboxylic acids is 1. The van der Waals surface area contributed by atoms with E-state index >= 15 is 0 Å². The van der Waals surface area contributed by atoms with Crippen LogP contribution in [0.4, 0.5) is 0 Å². The van der Waals surface area contributed by atoms with E-state index in [4.69, 9.17) is 4.74 Å². The summed E-state index contributed by atoms with van der Waals surface area (Å²) in [4.78, 5) is 17.1. The lowest BCUT2D eigenvalue weighted by molar-refractivity contribution is -0.0119. The molecular weight excluding hydrogens is 336 g/mol. The van der Waals surface area contributed by atoms with Crippen molar-refractivity contribution < 1.29 is 9.53 Å². The molecule has 1 aromatic heterocycles. The summed E-state index contributed by atoms with van der Waals surface area (Å²) in [5.41, 5.74) is 1.72. The van der Waals surface area contributed by atoms with Gasteiger partial charge in [0.1, 0.15) is 6.61 Å². The van der Waals surface area contributed by atoms with E-state index < -0.39 is 0 Å². The van der Waals surface area contributed by atoms with E-state index in [9.17, 15) is 4.79 Å². The van der Waals surface area contributed by atoms with E-state index in [1.807, 2.05) is 36.4 Å². The van der Waals surface area contributed by atoms with E-state index in [2.05, 4.69) is 10.3 Å². The SMILES string of the molecule is O=C(NC1C2CC3CC(C2)CC1C3)c1ccc(OCc2ccccc2)nc1. The molecule has 4 nitrogen and oxygen atoms in total. The Morgan fingerprint density at radius 2 is 1.67 bits per heavy atom. The molecule has 27 heavy (non-hydrogen) atoms. The van der Waals surface area contributed by atoms with E-state index in [1.54, 1.807) is 12.3 Å². The number of pyridine rings is 1. The molecular formula is C23H26N2O2. The van der Waals surface area contributed by atoms with Gasteiger partial charge in [-0.2, -0.15) is 0 Å². The lowest BCUT2D eigenvalue weighted by atomic mass is 9.54. The molecule has 0 radical (unpaired) electrons. The Morgan fingerprint density at radius 1 is 0.963 bits per heavy atom. The van der Waals surface area contributed by atoms with Gasteiger partial charge in [0, 0.05) is 18.3 Å². The van der Waals surface area contributed by atoms with Crippen LogP contribution in [0.2, 0.25) is 0 Å². The fourth-order valence-corrected chi connectivity index (χ4v) is 5.73. The topological polar surface area (TPSA) is 51.2 Å². The standard InChI is InChI=1S/C23H26N2O2/c26-23(25-22-19-9-16-8-17(11-19)12-20(22)10-16)18-6-7-21(24-13-18)27-14-15-4-2-1-3-5-15/h1-7,13,16-17,19-20,22H,8-12,14H2,(H,25,26). The first kappa shape index (κ1) is 16.8. The zero-order valence-corrected chi connectivity index (χ0v) is 15.5. The highest BCUT2D eigenvalue weighted by atomic mass is 16.5. The monoisotopic (exact) mass is 362 g/mol. The molecule has 0 saturated heterocycles. The number of nitrogens with zero attached hydrogens (tertiary/aromatic N) is 1. The maximum atomic E-state index is 12.7. The zero-order chi connectivity index (χ0) is 18.2. The molecule has 0 atom stereocenters. The Bertz CT molecular complexity index is 775. The van der Waals surface area contributed by atoms with Crippen molar-refractivity contribution in [2.75, 3.05) is 0 Å². The van der Waals surface area contributed by atoms with Crippen LogP contribution in [0.3, 0.4) is 0 Å². The van der Waals surface area contributed by atoms with Gasteiger partial charge in [-0.05, 0) is 67.4 Å². The van der Waals surface area contributed by atoms with Gasteiger partial charge in [0.05, 0.1) is 5.56 Å². The summed E-state index contributed by atoms with van der Waals surface area (Å²) in [5, 5.41) is 3.34. The van der Waals surface area contributed by atoms with Crippen molar-refractivity contribution in [3.8, 4) is 5.88 Å². The summed E-state index contributed by atoms with van der Waals surface area (Å²) >= 11 is 0. The smallest absolute Gasteiger partial charge is 0.253 e. The maximum absolute atomic E-state index is 12.7. The quantitative estimate of drug-likeness (QED) is 0.867. The minimum absolute atomic E-state index is 0.00887. The number of benzene rings is 1. The van der Waals surface area contributed by atoms with Crippen molar-refractivity contribution in [3.63, 3.8) is 0 Å². The molecule has 2 aromatic rings. The van der Waals surface area contributed by atoms with Crippen LogP contribution < -0.4 is 10.1 Å². The van der Waals surface area contributed by atoms with E-state index in [-0.39, 0.29) is 5.91 Å². The Morgan fingerprint density at radius 3 is 2.30 bits per heavy atom. The lowest BCUT2D eigenvalue weighted by Crippen LogP contribution is -2.55. The van der Waals surface area contributed by atoms with Crippen molar-refractivity contribution in [2.45, 2.75) is 44.8 Å². The summed E-state index contributed by atoms with van der Waals surface area (Å²) in [7, 11) is 0. The van der Waals surface area contributed by atoms with Crippen molar-refractivity contribution in [1.82, 2.24) is 10.3 Å². The molecule has 1 N–H and O–H groups in total. The third kappa shape index (κ3) is 3.45. The van der Waals surface area contributed by atoms with Crippen LogP contribution in [0.15, 0.2) is 48.7 Å². The predicted molar refractivity (Wildman–Crippen MR) is 103 cm³/mol. The summed E-state index contributed by atoms with van der Waals surface area (Å²) < 4.78 is 5.71. The minimum atomic E-state index is 0.00887. The normalized spacial score (nSPS) is 30.9. The van der Waals surface area contributed by atoms with Crippen LogP contribution in [0.25, 0.3) is 0 Å². The van der Waals surface area contributed by atoms with Gasteiger partial charge in [0.25, 0.3) is 5.91 Å². The molecule has 4 heteroatoms. The average Bonchev–Trinajstić information content (AvgIpc) is 2.70. The fraction of sp³-hybridized carbons (Fsp3) is 0.478. The lowest BCUT2D eigenvalue weighted by Gasteiger charge is -2.54. The minimum Gasteiger partial charge on any atom is -0.473 e. The van der Waals surface area contributed by atoms with Crippen molar-refractivity contribution in [3.05, 3.63) is 59.8 Å². The first-order chi connectivity index (χ1) is 13.2. The number of hydrogen-bond donors (Lipinski definition) is 1. The molecule has 1 aromatic carbocycles. The number of aromatic nitrogens is 1. The molecule has 4 aliphatic rings. The number of hydrogen-bond acceptors (Lipinski definition) is 3. The molecule has 0 aliphatic heterocycles. The molecule has 4 bridgehead atoms. The fourth-order valence-electron chi connectivity index (χ4n) is 5.73. The molecule has 0 unspecified atom stereocenters. The van der Waals surface area contributed by atoms with Crippen LogP contribution in [0.5, 0.6) is 5.88 Å². The highest BCUT2D eigenvalue weighted by molar-refractivity contribution is 5.94. The first-order valence-corrected chi connectivity index (χ1v) is 10.2. The number of rotatable bonds is 5.